The zero-order chi connectivity index (χ0) is 29.3. The lowest BCUT2D eigenvalue weighted by molar-refractivity contribution is 0.00725. The molecule has 12 nitrogen and oxygen atoms in total. The van der Waals surface area contributed by atoms with Crippen LogP contribution in [0.2, 0.25) is 0 Å². The van der Waals surface area contributed by atoms with Crippen LogP contribution in [0, 0.1) is 5.92 Å². The number of anilines is 2. The van der Waals surface area contributed by atoms with Crippen molar-refractivity contribution in [2.45, 2.75) is 31.7 Å². The average Bonchev–Trinajstić information content (AvgIpc) is 3.57. The number of ether oxygens (including phenoxy) is 1. The van der Waals surface area contributed by atoms with E-state index in [2.05, 4.69) is 25.7 Å². The van der Waals surface area contributed by atoms with E-state index in [4.69, 9.17) is 4.74 Å². The number of sulfone groups is 1. The van der Waals surface area contributed by atoms with Crippen LogP contribution >= 0.6 is 0 Å². The van der Waals surface area contributed by atoms with Crippen molar-refractivity contribution in [1.82, 2.24) is 24.5 Å². The summed E-state index contributed by atoms with van der Waals surface area (Å²) in [5.41, 5.74) is -0.354. The fraction of sp³-hybridized carbons (Fsp3) is 0.333. The van der Waals surface area contributed by atoms with E-state index in [1.54, 1.807) is 18.2 Å². The molecule has 0 spiro atoms. The molecule has 0 saturated heterocycles. The van der Waals surface area contributed by atoms with Crippen molar-refractivity contribution in [3.63, 3.8) is 0 Å². The Balaban J connectivity index is 1.83. The number of hydrogen-bond acceptors (Lipinski definition) is 10. The Labute approximate surface area is 229 Å². The van der Waals surface area contributed by atoms with Gasteiger partial charge in [0.15, 0.2) is 15.7 Å². The third kappa shape index (κ3) is 7.59. The Bertz CT molecular complexity index is 1650. The smallest absolute Gasteiger partial charge is 0.304 e. The van der Waals surface area contributed by atoms with Crippen molar-refractivity contribution in [2.24, 2.45) is 5.92 Å². The molecule has 0 unspecified atom stereocenters. The first-order valence-corrected chi connectivity index (χ1v) is 15.6. The summed E-state index contributed by atoms with van der Waals surface area (Å²) in [5, 5.41) is 10.1. The van der Waals surface area contributed by atoms with E-state index in [9.17, 15) is 30.4 Å². The quantitative estimate of drug-likeness (QED) is 0.336. The van der Waals surface area contributed by atoms with Gasteiger partial charge < -0.3 is 15.4 Å². The molecule has 16 heteroatoms. The minimum Gasteiger partial charge on any atom is -0.438 e. The molecule has 40 heavy (non-hydrogen) atoms. The lowest BCUT2D eigenvalue weighted by Crippen LogP contribution is -2.36. The zero-order valence-corrected chi connectivity index (χ0v) is 23.2. The van der Waals surface area contributed by atoms with Gasteiger partial charge in [0, 0.05) is 18.6 Å². The highest BCUT2D eigenvalue weighted by Gasteiger charge is 2.36. The van der Waals surface area contributed by atoms with Gasteiger partial charge in [-0.15, -0.1) is 0 Å². The van der Waals surface area contributed by atoms with Crippen LogP contribution in [0.5, 0.6) is 11.6 Å². The Morgan fingerprint density at radius 3 is 2.38 bits per heavy atom. The van der Waals surface area contributed by atoms with Crippen LogP contribution in [-0.2, 0) is 25.8 Å². The first-order chi connectivity index (χ1) is 18.6. The summed E-state index contributed by atoms with van der Waals surface area (Å²) in [6.07, 6.45) is 6.92. The van der Waals surface area contributed by atoms with Crippen molar-refractivity contribution in [1.29, 1.82) is 0 Å². The van der Waals surface area contributed by atoms with Crippen LogP contribution in [0.1, 0.15) is 35.9 Å². The first-order valence-electron chi connectivity index (χ1n) is 11.8. The van der Waals surface area contributed by atoms with Gasteiger partial charge in [-0.3, -0.25) is 4.79 Å². The molecule has 214 valence electrons. The summed E-state index contributed by atoms with van der Waals surface area (Å²) in [4.78, 5) is 21.4. The lowest BCUT2D eigenvalue weighted by atomic mass is 10.1. The van der Waals surface area contributed by atoms with Gasteiger partial charge in [0.05, 0.1) is 30.4 Å². The van der Waals surface area contributed by atoms with E-state index in [1.807, 2.05) is 0 Å². The summed E-state index contributed by atoms with van der Waals surface area (Å²) in [6, 6.07) is 7.32. The predicted octanol–water partition coefficient (Wildman–Crippen LogP) is 3.20. The average molecular weight is 597 g/mol. The highest BCUT2D eigenvalue weighted by atomic mass is 32.2. The molecule has 0 bridgehead atoms. The molecule has 1 atom stereocenters. The molecule has 0 radical (unpaired) electrons. The number of rotatable bonds is 11. The van der Waals surface area contributed by atoms with Crippen LogP contribution in [0.4, 0.5) is 20.3 Å². The molecule has 1 aromatic carbocycles. The van der Waals surface area contributed by atoms with Crippen molar-refractivity contribution in [3.05, 3.63) is 65.6 Å². The number of carbonyl (C=O) groups is 1. The molecular formula is C24H26F2N6O6S2. The summed E-state index contributed by atoms with van der Waals surface area (Å²) in [5.74, 6) is -6.13. The summed E-state index contributed by atoms with van der Waals surface area (Å²) >= 11 is 0. The largest absolute Gasteiger partial charge is 0.438 e. The van der Waals surface area contributed by atoms with Crippen molar-refractivity contribution in [3.8, 4) is 11.6 Å². The fourth-order valence-electron chi connectivity index (χ4n) is 3.52. The van der Waals surface area contributed by atoms with Crippen molar-refractivity contribution >= 4 is 37.3 Å². The minimum absolute atomic E-state index is 0.0184. The van der Waals surface area contributed by atoms with Gasteiger partial charge in [0.2, 0.25) is 11.7 Å². The summed E-state index contributed by atoms with van der Waals surface area (Å²) in [7, 11) is -7.26. The molecule has 0 aliphatic heterocycles. The van der Waals surface area contributed by atoms with Gasteiger partial charge in [-0.2, -0.15) is 23.0 Å². The first kappa shape index (κ1) is 29.1. The van der Waals surface area contributed by atoms with Gasteiger partial charge in [-0.05, 0) is 30.9 Å². The number of nitrogens with zero attached hydrogens (tertiary/aromatic N) is 4. The Kier molecular flexibility index (Phi) is 7.94. The minimum atomic E-state index is -3.77. The summed E-state index contributed by atoms with van der Waals surface area (Å²) in [6.45, 7) is 0.568. The lowest BCUT2D eigenvalue weighted by Gasteiger charge is -2.20. The third-order valence-electron chi connectivity index (χ3n) is 5.58. The molecule has 2 heterocycles. The molecular weight excluding hydrogens is 570 g/mol. The van der Waals surface area contributed by atoms with Gasteiger partial charge in [0.25, 0.3) is 15.9 Å². The predicted molar refractivity (Wildman–Crippen MR) is 142 cm³/mol. The van der Waals surface area contributed by atoms with Crippen molar-refractivity contribution in [2.75, 3.05) is 17.8 Å². The number of aromatic nitrogens is 4. The molecule has 1 fully saturated rings. The third-order valence-corrected chi connectivity index (χ3v) is 7.11. The number of carbonyl (C=O) groups excluding carboxylic acids is 1. The number of para-hydroxylation sites is 1. The van der Waals surface area contributed by atoms with E-state index in [0.29, 0.717) is 11.0 Å². The van der Waals surface area contributed by atoms with E-state index in [0.717, 1.165) is 43.2 Å². The van der Waals surface area contributed by atoms with Gasteiger partial charge >= 0.3 is 5.92 Å². The monoisotopic (exact) mass is 596 g/mol. The van der Waals surface area contributed by atoms with Gasteiger partial charge in [0.1, 0.15) is 11.3 Å². The van der Waals surface area contributed by atoms with Crippen LogP contribution in [-0.4, -0.2) is 60.4 Å². The second kappa shape index (κ2) is 10.9. The topological polar surface area (TPSA) is 162 Å². The highest BCUT2D eigenvalue weighted by molar-refractivity contribution is 7.93. The zero-order valence-electron chi connectivity index (χ0n) is 21.6. The Morgan fingerprint density at radius 1 is 1.15 bits per heavy atom. The standard InChI is InChI=1S/C24H26F2N6O6S2/c1-24(25,26)23-30-20(28-16-13-27-32(14-16)40(3,36)37)19(22(31-23)38-17-7-5-4-6-8-17)21(33)29-18(15-9-10-15)11-12-39(2,34)35/h4-8,11-15,18H,9-10H2,1-3H3,(H,29,33)(H,28,30,31)/b12-11+/t18-/m1/s1. The van der Waals surface area contributed by atoms with Crippen LogP contribution in [0.25, 0.3) is 0 Å². The van der Waals surface area contributed by atoms with Crippen molar-refractivity contribution < 1.29 is 35.1 Å². The Morgan fingerprint density at radius 2 is 1.82 bits per heavy atom. The number of alkyl halides is 2. The SMILES string of the molecule is CC(F)(F)c1nc(Nc2cnn(S(C)(=O)=O)c2)c(C(=O)N[C@H](/C=C/S(C)(=O)=O)C2CC2)c(Oc2ccccc2)n1. The van der Waals surface area contributed by atoms with E-state index >= 15 is 0 Å². The molecule has 1 saturated carbocycles. The molecule has 4 rings (SSSR count). The van der Waals surface area contributed by atoms with Crippen LogP contribution in [0.15, 0.2) is 54.2 Å². The van der Waals surface area contributed by atoms with E-state index in [1.165, 1.54) is 18.2 Å². The number of benzene rings is 1. The molecule has 3 aromatic rings. The molecule has 2 aromatic heterocycles. The molecule has 2 N–H and O–H groups in total. The maximum Gasteiger partial charge on any atom is 0.304 e. The second-order valence-electron chi connectivity index (χ2n) is 9.36. The second-order valence-corrected chi connectivity index (χ2v) is 13.1. The fourth-order valence-corrected chi connectivity index (χ4v) is 4.50. The van der Waals surface area contributed by atoms with E-state index in [-0.39, 0.29) is 22.9 Å². The number of halogens is 2. The van der Waals surface area contributed by atoms with Gasteiger partial charge in [-0.1, -0.05) is 24.3 Å². The maximum absolute atomic E-state index is 14.5. The van der Waals surface area contributed by atoms with Crippen LogP contribution < -0.4 is 15.4 Å². The molecule has 1 aliphatic carbocycles. The number of hydrogen-bond donors (Lipinski definition) is 2. The normalized spacial score (nSPS) is 15.1. The molecule has 1 amide bonds. The maximum atomic E-state index is 14.5. The highest BCUT2D eigenvalue weighted by Crippen LogP contribution is 2.36. The van der Waals surface area contributed by atoms with Crippen LogP contribution in [0.3, 0.4) is 0 Å². The van der Waals surface area contributed by atoms with Gasteiger partial charge in [-0.25, -0.2) is 21.8 Å². The number of amides is 1. The number of nitrogens with one attached hydrogen (secondary N) is 2. The van der Waals surface area contributed by atoms with E-state index < -0.39 is 55.3 Å². The Hall–Kier alpha value is -3.92. The summed E-state index contributed by atoms with van der Waals surface area (Å²) < 4.78 is 82.4. The molecule has 1 aliphatic rings.